The van der Waals surface area contributed by atoms with Crippen molar-refractivity contribution in [2.75, 3.05) is 6.61 Å². The third-order valence-electron chi connectivity index (χ3n) is 3.46. The van der Waals surface area contributed by atoms with Crippen molar-refractivity contribution in [1.29, 1.82) is 0 Å². The van der Waals surface area contributed by atoms with Crippen molar-refractivity contribution in [3.8, 4) is 0 Å². The highest BCUT2D eigenvalue weighted by Gasteiger charge is 2.41. The van der Waals surface area contributed by atoms with Crippen molar-refractivity contribution < 1.29 is 14.7 Å². The van der Waals surface area contributed by atoms with Crippen LogP contribution in [0.1, 0.15) is 25.7 Å². The predicted molar refractivity (Wildman–Crippen MR) is 50.2 cm³/mol. The summed E-state index contributed by atoms with van der Waals surface area (Å²) in [5.41, 5.74) is 1.46. The van der Waals surface area contributed by atoms with Gasteiger partial charge in [-0.25, -0.2) is 10.7 Å². The van der Waals surface area contributed by atoms with E-state index in [9.17, 15) is 4.79 Å². The quantitative estimate of drug-likeness (QED) is 0.524. The monoisotopic (exact) mass is 197 g/mol. The molecule has 0 aliphatic heterocycles. The van der Waals surface area contributed by atoms with Crippen molar-refractivity contribution >= 4 is 5.97 Å². The number of allylic oxidation sites excluding steroid dienone is 1. The molecule has 4 heteroatoms. The maximum absolute atomic E-state index is 10.9. The molecule has 0 amide bonds. The van der Waals surface area contributed by atoms with Gasteiger partial charge in [0.1, 0.15) is 6.61 Å². The van der Waals surface area contributed by atoms with Crippen LogP contribution in [-0.2, 0) is 9.63 Å². The normalized spacial score (nSPS) is 33.5. The molecule has 2 fully saturated rings. The standard InChI is InChI=1S/C10H15NO3/c11-14-5-9(10(12)13)8-4-6-2-1-3-7(6)8/h6-7H,1-5,11H2,(H,12,13). The number of aliphatic carboxylic acids is 1. The number of rotatable bonds is 3. The van der Waals surface area contributed by atoms with Crippen LogP contribution < -0.4 is 5.90 Å². The molecule has 0 radical (unpaired) electrons. The Balaban J connectivity index is 2.16. The Morgan fingerprint density at radius 1 is 1.57 bits per heavy atom. The molecule has 2 aliphatic carbocycles. The van der Waals surface area contributed by atoms with Gasteiger partial charge in [-0.3, -0.25) is 4.84 Å². The second-order valence-corrected chi connectivity index (χ2v) is 4.12. The second kappa shape index (κ2) is 3.71. The number of hydrogen-bond donors (Lipinski definition) is 2. The molecule has 0 aromatic rings. The Morgan fingerprint density at radius 3 is 2.93 bits per heavy atom. The molecular weight excluding hydrogens is 182 g/mol. The molecule has 0 saturated heterocycles. The molecule has 2 atom stereocenters. The van der Waals surface area contributed by atoms with Crippen molar-refractivity contribution in [3.05, 3.63) is 11.1 Å². The molecule has 0 heterocycles. The third kappa shape index (κ3) is 1.44. The van der Waals surface area contributed by atoms with Gasteiger partial charge in [-0.15, -0.1) is 0 Å². The lowest BCUT2D eigenvalue weighted by Gasteiger charge is -2.35. The molecule has 2 saturated carbocycles. The van der Waals surface area contributed by atoms with E-state index in [1.807, 2.05) is 0 Å². The summed E-state index contributed by atoms with van der Waals surface area (Å²) < 4.78 is 0. The van der Waals surface area contributed by atoms with Crippen molar-refractivity contribution in [3.63, 3.8) is 0 Å². The van der Waals surface area contributed by atoms with Gasteiger partial charge in [0.15, 0.2) is 0 Å². The highest BCUT2D eigenvalue weighted by Crippen LogP contribution is 2.51. The fraction of sp³-hybridized carbons (Fsp3) is 0.700. The van der Waals surface area contributed by atoms with Crippen molar-refractivity contribution in [1.82, 2.24) is 0 Å². The SMILES string of the molecule is NOCC(C(=O)O)=C1CC2CCCC12. The van der Waals surface area contributed by atoms with E-state index < -0.39 is 5.97 Å². The summed E-state index contributed by atoms with van der Waals surface area (Å²) in [6.07, 6.45) is 4.57. The van der Waals surface area contributed by atoms with Crippen LogP contribution in [0.2, 0.25) is 0 Å². The summed E-state index contributed by atoms with van der Waals surface area (Å²) in [6, 6.07) is 0. The van der Waals surface area contributed by atoms with E-state index in [1.54, 1.807) is 0 Å². The van der Waals surface area contributed by atoms with Gasteiger partial charge in [-0.2, -0.15) is 0 Å². The number of carbonyl (C=O) groups is 1. The molecule has 3 N–H and O–H groups in total. The Hall–Kier alpha value is -0.870. The van der Waals surface area contributed by atoms with Gasteiger partial charge in [0, 0.05) is 0 Å². The molecule has 0 spiro atoms. The van der Waals surface area contributed by atoms with Gasteiger partial charge in [0.05, 0.1) is 5.57 Å². The first-order chi connectivity index (χ1) is 6.74. The van der Waals surface area contributed by atoms with E-state index in [0.717, 1.165) is 24.3 Å². The zero-order valence-electron chi connectivity index (χ0n) is 8.03. The van der Waals surface area contributed by atoms with Crippen molar-refractivity contribution in [2.24, 2.45) is 17.7 Å². The van der Waals surface area contributed by atoms with Gasteiger partial charge in [-0.05, 0) is 31.1 Å². The lowest BCUT2D eigenvalue weighted by molar-refractivity contribution is -0.133. The smallest absolute Gasteiger partial charge is 0.333 e. The summed E-state index contributed by atoms with van der Waals surface area (Å²) in [5.74, 6) is 5.29. The Bertz CT molecular complexity index is 285. The average Bonchev–Trinajstić information content (AvgIpc) is 2.46. The summed E-state index contributed by atoms with van der Waals surface area (Å²) in [6.45, 7) is 0.0356. The van der Waals surface area contributed by atoms with Gasteiger partial charge in [-0.1, -0.05) is 12.0 Å². The Morgan fingerprint density at radius 2 is 2.36 bits per heavy atom. The molecule has 0 bridgehead atoms. The molecule has 0 aromatic heterocycles. The fourth-order valence-electron chi connectivity index (χ4n) is 2.74. The van der Waals surface area contributed by atoms with Crippen LogP contribution in [0.5, 0.6) is 0 Å². The van der Waals surface area contributed by atoms with Gasteiger partial charge in [0.25, 0.3) is 0 Å². The summed E-state index contributed by atoms with van der Waals surface area (Å²) in [7, 11) is 0. The molecule has 0 aromatic carbocycles. The number of hydrogen-bond acceptors (Lipinski definition) is 3. The van der Waals surface area contributed by atoms with Crippen LogP contribution in [0, 0.1) is 11.8 Å². The Kier molecular flexibility index (Phi) is 2.56. The average molecular weight is 197 g/mol. The van der Waals surface area contributed by atoms with E-state index in [4.69, 9.17) is 11.0 Å². The summed E-state index contributed by atoms with van der Waals surface area (Å²) in [5, 5.41) is 8.97. The summed E-state index contributed by atoms with van der Waals surface area (Å²) >= 11 is 0. The third-order valence-corrected chi connectivity index (χ3v) is 3.46. The predicted octanol–water partition coefficient (Wildman–Crippen LogP) is 1.08. The topological polar surface area (TPSA) is 72.5 Å². The lowest BCUT2D eigenvalue weighted by atomic mass is 9.69. The molecule has 2 rings (SSSR count). The minimum absolute atomic E-state index is 0.0356. The first-order valence-electron chi connectivity index (χ1n) is 5.01. The molecule has 78 valence electrons. The highest BCUT2D eigenvalue weighted by molar-refractivity contribution is 5.88. The van der Waals surface area contributed by atoms with Crippen LogP contribution in [0.3, 0.4) is 0 Å². The maximum atomic E-state index is 10.9. The van der Waals surface area contributed by atoms with Gasteiger partial charge < -0.3 is 5.11 Å². The van der Waals surface area contributed by atoms with E-state index >= 15 is 0 Å². The van der Waals surface area contributed by atoms with Crippen molar-refractivity contribution in [2.45, 2.75) is 25.7 Å². The number of carboxylic acid groups (broad SMARTS) is 1. The van der Waals surface area contributed by atoms with E-state index in [-0.39, 0.29) is 6.61 Å². The largest absolute Gasteiger partial charge is 0.478 e. The lowest BCUT2D eigenvalue weighted by Crippen LogP contribution is -2.28. The maximum Gasteiger partial charge on any atom is 0.333 e. The molecule has 2 unspecified atom stereocenters. The molecular formula is C10H15NO3. The van der Waals surface area contributed by atoms with Gasteiger partial charge in [0.2, 0.25) is 0 Å². The zero-order chi connectivity index (χ0) is 10.1. The molecule has 2 aliphatic rings. The number of nitrogens with two attached hydrogens (primary N) is 1. The number of fused-ring (bicyclic) bond motifs is 1. The second-order valence-electron chi connectivity index (χ2n) is 4.12. The molecule has 14 heavy (non-hydrogen) atoms. The van der Waals surface area contributed by atoms with Crippen LogP contribution in [0.4, 0.5) is 0 Å². The first kappa shape index (κ1) is 9.68. The van der Waals surface area contributed by atoms with Crippen LogP contribution in [0.25, 0.3) is 0 Å². The van der Waals surface area contributed by atoms with Crippen LogP contribution in [0.15, 0.2) is 11.1 Å². The van der Waals surface area contributed by atoms with Crippen LogP contribution in [-0.4, -0.2) is 17.7 Å². The number of carboxylic acids is 1. The molecule has 4 nitrogen and oxygen atoms in total. The minimum atomic E-state index is -0.879. The first-order valence-corrected chi connectivity index (χ1v) is 5.01. The summed E-state index contributed by atoms with van der Waals surface area (Å²) in [4.78, 5) is 15.4. The minimum Gasteiger partial charge on any atom is -0.478 e. The fourth-order valence-corrected chi connectivity index (χ4v) is 2.74. The van der Waals surface area contributed by atoms with Crippen LogP contribution >= 0.6 is 0 Å². The van der Waals surface area contributed by atoms with E-state index in [2.05, 4.69) is 4.84 Å². The zero-order valence-corrected chi connectivity index (χ0v) is 8.03. The highest BCUT2D eigenvalue weighted by atomic mass is 16.6. The van der Waals surface area contributed by atoms with E-state index in [0.29, 0.717) is 11.5 Å². The van der Waals surface area contributed by atoms with E-state index in [1.165, 1.54) is 12.8 Å². The van der Waals surface area contributed by atoms with Gasteiger partial charge >= 0.3 is 5.97 Å². The Labute approximate surface area is 82.7 Å².